The van der Waals surface area contributed by atoms with Gasteiger partial charge in [-0.1, -0.05) is 19.1 Å². The number of carbonyl (C=O) groups is 2. The van der Waals surface area contributed by atoms with Gasteiger partial charge in [0.25, 0.3) is 5.91 Å². The van der Waals surface area contributed by atoms with E-state index in [1.807, 2.05) is 24.3 Å². The van der Waals surface area contributed by atoms with Gasteiger partial charge in [-0.25, -0.2) is 0 Å². The van der Waals surface area contributed by atoms with Crippen molar-refractivity contribution in [1.82, 2.24) is 0 Å². The molecule has 1 atom stereocenters. The second kappa shape index (κ2) is 8.04. The van der Waals surface area contributed by atoms with E-state index in [-0.39, 0.29) is 5.91 Å². The van der Waals surface area contributed by atoms with Gasteiger partial charge in [0.15, 0.2) is 0 Å². The highest BCUT2D eigenvalue weighted by atomic mass is 16.5. The largest absolute Gasteiger partial charge is 0.493 e. The van der Waals surface area contributed by atoms with Crippen LogP contribution in [0, 0.1) is 11.8 Å². The minimum atomic E-state index is -0.813. The van der Waals surface area contributed by atoms with Crippen molar-refractivity contribution >= 4 is 17.6 Å². The number of carboxylic acids is 1. The van der Waals surface area contributed by atoms with E-state index in [0.717, 1.165) is 17.9 Å². The summed E-state index contributed by atoms with van der Waals surface area (Å²) in [6.45, 7) is 2.43. The molecule has 0 bridgehead atoms. The fourth-order valence-corrected chi connectivity index (χ4v) is 2.57. The Morgan fingerprint density at radius 2 is 1.77 bits per heavy atom. The van der Waals surface area contributed by atoms with E-state index < -0.39 is 11.9 Å². The summed E-state index contributed by atoms with van der Waals surface area (Å²) < 4.78 is 5.67. The number of aliphatic carboxylic acids is 1. The molecule has 2 N–H and O–H groups in total. The maximum Gasteiger partial charge on any atom is 0.306 e. The van der Waals surface area contributed by atoms with Crippen LogP contribution in [0.15, 0.2) is 48.5 Å². The zero-order chi connectivity index (χ0) is 18.5. The van der Waals surface area contributed by atoms with E-state index >= 15 is 0 Å². The first-order chi connectivity index (χ1) is 12.5. The molecular weight excluding hydrogens is 330 g/mol. The van der Waals surface area contributed by atoms with Gasteiger partial charge in [0.1, 0.15) is 5.75 Å². The summed E-state index contributed by atoms with van der Waals surface area (Å²) in [5, 5.41) is 11.8. The SMILES string of the molecule is CC(Cc1ccc(NC(=O)c2ccc(OCC3CC3)cc2)cc1)C(=O)O. The molecule has 0 heterocycles. The maximum atomic E-state index is 12.3. The van der Waals surface area contributed by atoms with Crippen molar-refractivity contribution in [2.45, 2.75) is 26.2 Å². The highest BCUT2D eigenvalue weighted by molar-refractivity contribution is 6.04. The third kappa shape index (κ3) is 5.09. The Morgan fingerprint density at radius 3 is 2.35 bits per heavy atom. The van der Waals surface area contributed by atoms with Crippen LogP contribution in [0.5, 0.6) is 5.75 Å². The highest BCUT2D eigenvalue weighted by Crippen LogP contribution is 2.29. The molecule has 2 aromatic rings. The Balaban J connectivity index is 1.54. The van der Waals surface area contributed by atoms with Gasteiger partial charge in [0.2, 0.25) is 0 Å². The van der Waals surface area contributed by atoms with Crippen LogP contribution in [0.3, 0.4) is 0 Å². The lowest BCUT2D eigenvalue weighted by Crippen LogP contribution is -2.13. The Bertz CT molecular complexity index is 764. The average molecular weight is 353 g/mol. The zero-order valence-electron chi connectivity index (χ0n) is 14.8. The van der Waals surface area contributed by atoms with Crippen LogP contribution in [-0.2, 0) is 11.2 Å². The van der Waals surface area contributed by atoms with Crippen LogP contribution in [-0.4, -0.2) is 23.6 Å². The smallest absolute Gasteiger partial charge is 0.306 e. The van der Waals surface area contributed by atoms with Crippen molar-refractivity contribution < 1.29 is 19.4 Å². The van der Waals surface area contributed by atoms with Crippen molar-refractivity contribution in [1.29, 1.82) is 0 Å². The predicted octanol–water partition coefficient (Wildman–Crippen LogP) is 3.99. The van der Waals surface area contributed by atoms with Crippen LogP contribution < -0.4 is 10.1 Å². The van der Waals surface area contributed by atoms with E-state index in [9.17, 15) is 9.59 Å². The van der Waals surface area contributed by atoms with Crippen molar-refractivity contribution in [3.63, 3.8) is 0 Å². The molecule has 26 heavy (non-hydrogen) atoms. The molecule has 0 aromatic heterocycles. The molecule has 5 heteroatoms. The summed E-state index contributed by atoms with van der Waals surface area (Å²) in [6, 6.07) is 14.4. The van der Waals surface area contributed by atoms with Crippen molar-refractivity contribution in [3.8, 4) is 5.75 Å². The minimum Gasteiger partial charge on any atom is -0.493 e. The number of ether oxygens (including phenoxy) is 1. The summed E-state index contributed by atoms with van der Waals surface area (Å²) in [7, 11) is 0. The predicted molar refractivity (Wildman–Crippen MR) is 99.6 cm³/mol. The summed E-state index contributed by atoms with van der Waals surface area (Å²) >= 11 is 0. The standard InChI is InChI=1S/C21H23NO4/c1-14(21(24)25)12-15-4-8-18(9-5-15)22-20(23)17-6-10-19(11-7-17)26-13-16-2-3-16/h4-11,14,16H,2-3,12-13H2,1H3,(H,22,23)(H,24,25). The van der Waals surface area contributed by atoms with Crippen molar-refractivity contribution in [2.24, 2.45) is 11.8 Å². The molecular formula is C21H23NO4. The van der Waals surface area contributed by atoms with Crippen molar-refractivity contribution in [3.05, 3.63) is 59.7 Å². The fraction of sp³-hybridized carbons (Fsp3) is 0.333. The molecule has 3 rings (SSSR count). The molecule has 136 valence electrons. The monoisotopic (exact) mass is 353 g/mol. The Kier molecular flexibility index (Phi) is 5.56. The zero-order valence-corrected chi connectivity index (χ0v) is 14.8. The quantitative estimate of drug-likeness (QED) is 0.752. The van der Waals surface area contributed by atoms with Crippen molar-refractivity contribution in [2.75, 3.05) is 11.9 Å². The van der Waals surface area contributed by atoms with E-state index in [1.54, 1.807) is 31.2 Å². The molecule has 5 nitrogen and oxygen atoms in total. The topological polar surface area (TPSA) is 75.6 Å². The first kappa shape index (κ1) is 18.0. The number of carboxylic acid groups (broad SMARTS) is 1. The number of hydrogen-bond acceptors (Lipinski definition) is 3. The van der Waals surface area contributed by atoms with Gasteiger partial charge in [-0.05, 0) is 67.1 Å². The fourth-order valence-electron chi connectivity index (χ4n) is 2.57. The van der Waals surface area contributed by atoms with Crippen LogP contribution in [0.25, 0.3) is 0 Å². The summed E-state index contributed by atoms with van der Waals surface area (Å²) in [4.78, 5) is 23.2. The maximum absolute atomic E-state index is 12.3. The summed E-state index contributed by atoms with van der Waals surface area (Å²) in [5.74, 6) is 0.0400. The second-order valence-corrected chi connectivity index (χ2v) is 6.87. The lowest BCUT2D eigenvalue weighted by molar-refractivity contribution is -0.141. The third-order valence-electron chi connectivity index (χ3n) is 4.47. The number of anilines is 1. The van der Waals surface area contributed by atoms with E-state index in [4.69, 9.17) is 9.84 Å². The average Bonchev–Trinajstić information content (AvgIpc) is 3.46. The molecule has 0 aliphatic heterocycles. The first-order valence-corrected chi connectivity index (χ1v) is 8.87. The lowest BCUT2D eigenvalue weighted by atomic mass is 10.0. The Hall–Kier alpha value is -2.82. The highest BCUT2D eigenvalue weighted by Gasteiger charge is 2.21. The normalized spacial score (nSPS) is 14.5. The summed E-state index contributed by atoms with van der Waals surface area (Å²) in [5.41, 5.74) is 2.16. The Morgan fingerprint density at radius 1 is 1.12 bits per heavy atom. The molecule has 0 saturated heterocycles. The van der Waals surface area contributed by atoms with Crippen LogP contribution >= 0.6 is 0 Å². The summed E-state index contributed by atoms with van der Waals surface area (Å²) in [6.07, 6.45) is 2.95. The number of amides is 1. The van der Waals surface area contributed by atoms with Gasteiger partial charge in [-0.3, -0.25) is 9.59 Å². The number of hydrogen-bond donors (Lipinski definition) is 2. The number of carbonyl (C=O) groups excluding carboxylic acids is 1. The second-order valence-electron chi connectivity index (χ2n) is 6.87. The van der Waals surface area contributed by atoms with Gasteiger partial charge >= 0.3 is 5.97 Å². The molecule has 2 aromatic carbocycles. The molecule has 1 unspecified atom stereocenters. The lowest BCUT2D eigenvalue weighted by Gasteiger charge is -2.09. The van der Waals surface area contributed by atoms with Crippen LogP contribution in [0.1, 0.15) is 35.7 Å². The van der Waals surface area contributed by atoms with Crippen LogP contribution in [0.2, 0.25) is 0 Å². The molecule has 0 radical (unpaired) electrons. The molecule has 1 amide bonds. The molecule has 1 fully saturated rings. The van der Waals surface area contributed by atoms with Gasteiger partial charge in [0.05, 0.1) is 12.5 Å². The third-order valence-corrected chi connectivity index (χ3v) is 4.47. The van der Waals surface area contributed by atoms with Gasteiger partial charge in [-0.2, -0.15) is 0 Å². The van der Waals surface area contributed by atoms with Gasteiger partial charge in [-0.15, -0.1) is 0 Å². The number of rotatable bonds is 8. The number of benzene rings is 2. The van der Waals surface area contributed by atoms with Gasteiger partial charge < -0.3 is 15.2 Å². The van der Waals surface area contributed by atoms with E-state index in [1.165, 1.54) is 12.8 Å². The van der Waals surface area contributed by atoms with Gasteiger partial charge in [0, 0.05) is 11.3 Å². The Labute approximate surface area is 153 Å². The molecule has 1 aliphatic carbocycles. The van der Waals surface area contributed by atoms with E-state index in [2.05, 4.69) is 5.32 Å². The first-order valence-electron chi connectivity index (χ1n) is 8.87. The molecule has 0 spiro atoms. The van der Waals surface area contributed by atoms with E-state index in [0.29, 0.717) is 23.6 Å². The van der Waals surface area contributed by atoms with Crippen LogP contribution in [0.4, 0.5) is 5.69 Å². The minimum absolute atomic E-state index is 0.189. The molecule has 1 aliphatic rings. The number of nitrogens with one attached hydrogen (secondary N) is 1. The molecule has 1 saturated carbocycles.